The van der Waals surface area contributed by atoms with Crippen molar-refractivity contribution in [2.45, 2.75) is 4.90 Å². The number of benzene rings is 1. The molecule has 0 fully saturated rings. The number of carboxylic acid groups (broad SMARTS) is 1. The molecular formula is C7H4ClFO2S. The van der Waals surface area contributed by atoms with E-state index in [0.29, 0.717) is 0 Å². The third kappa shape index (κ3) is 1.70. The van der Waals surface area contributed by atoms with Crippen molar-refractivity contribution in [2.75, 3.05) is 0 Å². The van der Waals surface area contributed by atoms with Gasteiger partial charge in [-0.05, 0) is 12.1 Å². The minimum absolute atomic E-state index is 0.0695. The summed E-state index contributed by atoms with van der Waals surface area (Å²) < 4.78 is 12.8. The van der Waals surface area contributed by atoms with Crippen molar-refractivity contribution in [1.29, 1.82) is 0 Å². The monoisotopic (exact) mass is 206 g/mol. The van der Waals surface area contributed by atoms with Crippen LogP contribution in [0.1, 0.15) is 10.4 Å². The molecule has 0 heterocycles. The molecule has 1 N–H and O–H groups in total. The lowest BCUT2D eigenvalue weighted by Crippen LogP contribution is -1.97. The Morgan fingerprint density at radius 2 is 2.17 bits per heavy atom. The van der Waals surface area contributed by atoms with E-state index in [1.165, 1.54) is 0 Å². The quantitative estimate of drug-likeness (QED) is 0.693. The second-order valence-corrected chi connectivity index (χ2v) is 2.99. The van der Waals surface area contributed by atoms with E-state index >= 15 is 0 Å². The van der Waals surface area contributed by atoms with E-state index in [-0.39, 0.29) is 15.5 Å². The topological polar surface area (TPSA) is 37.3 Å². The van der Waals surface area contributed by atoms with Gasteiger partial charge in [0.15, 0.2) is 5.82 Å². The van der Waals surface area contributed by atoms with Crippen LogP contribution in [0.25, 0.3) is 0 Å². The van der Waals surface area contributed by atoms with Crippen LogP contribution in [0.4, 0.5) is 4.39 Å². The molecule has 1 aromatic rings. The second kappa shape index (κ2) is 3.33. The Morgan fingerprint density at radius 1 is 1.58 bits per heavy atom. The summed E-state index contributed by atoms with van der Waals surface area (Å²) in [5, 5.41) is 8.27. The van der Waals surface area contributed by atoms with E-state index in [0.717, 1.165) is 12.1 Å². The number of thiol groups is 1. The highest BCUT2D eigenvalue weighted by Crippen LogP contribution is 2.23. The molecule has 64 valence electrons. The third-order valence-electron chi connectivity index (χ3n) is 1.26. The zero-order chi connectivity index (χ0) is 9.30. The molecule has 0 bridgehead atoms. The van der Waals surface area contributed by atoms with Crippen molar-refractivity contribution in [3.05, 3.63) is 28.5 Å². The average Bonchev–Trinajstić information content (AvgIpc) is 1.99. The molecule has 0 aliphatic heterocycles. The van der Waals surface area contributed by atoms with Gasteiger partial charge in [0.05, 0.1) is 10.6 Å². The van der Waals surface area contributed by atoms with Gasteiger partial charge in [-0.25, -0.2) is 9.18 Å². The maximum Gasteiger partial charge on any atom is 0.335 e. The summed E-state index contributed by atoms with van der Waals surface area (Å²) in [5.74, 6) is -1.86. The highest BCUT2D eigenvalue weighted by molar-refractivity contribution is 7.80. The van der Waals surface area contributed by atoms with E-state index in [4.69, 9.17) is 16.7 Å². The third-order valence-corrected chi connectivity index (χ3v) is 1.86. The van der Waals surface area contributed by atoms with E-state index in [2.05, 4.69) is 12.6 Å². The minimum atomic E-state index is -1.16. The van der Waals surface area contributed by atoms with Crippen molar-refractivity contribution in [3.63, 3.8) is 0 Å². The minimum Gasteiger partial charge on any atom is -0.478 e. The molecule has 0 amide bonds. The molecule has 0 aliphatic carbocycles. The van der Waals surface area contributed by atoms with E-state index in [1.54, 1.807) is 0 Å². The fourth-order valence-corrected chi connectivity index (χ4v) is 1.24. The lowest BCUT2D eigenvalue weighted by atomic mass is 10.2. The van der Waals surface area contributed by atoms with Crippen molar-refractivity contribution < 1.29 is 14.3 Å². The van der Waals surface area contributed by atoms with Gasteiger partial charge >= 0.3 is 5.97 Å². The Morgan fingerprint density at radius 3 is 2.58 bits per heavy atom. The molecule has 0 unspecified atom stereocenters. The first-order valence-electron chi connectivity index (χ1n) is 2.93. The number of carboxylic acids is 1. The lowest BCUT2D eigenvalue weighted by Gasteiger charge is -1.99. The van der Waals surface area contributed by atoms with Crippen LogP contribution in [0.2, 0.25) is 5.02 Å². The van der Waals surface area contributed by atoms with Gasteiger partial charge in [-0.2, -0.15) is 0 Å². The van der Waals surface area contributed by atoms with Gasteiger partial charge in [0.1, 0.15) is 0 Å². The summed E-state index contributed by atoms with van der Waals surface area (Å²) >= 11 is 9.08. The number of rotatable bonds is 1. The normalized spacial score (nSPS) is 9.92. The Balaban J connectivity index is 3.31. The van der Waals surface area contributed by atoms with Crippen LogP contribution >= 0.6 is 24.2 Å². The molecule has 2 nitrogen and oxygen atoms in total. The Kier molecular flexibility index (Phi) is 2.59. The van der Waals surface area contributed by atoms with Crippen molar-refractivity contribution in [1.82, 2.24) is 0 Å². The molecule has 0 atom stereocenters. The van der Waals surface area contributed by atoms with Crippen LogP contribution in [-0.2, 0) is 0 Å². The van der Waals surface area contributed by atoms with Crippen LogP contribution in [0.3, 0.4) is 0 Å². The summed E-state index contributed by atoms with van der Waals surface area (Å²) in [4.78, 5) is 10.3. The van der Waals surface area contributed by atoms with Crippen LogP contribution < -0.4 is 0 Å². The Labute approximate surface area is 78.4 Å². The number of hydrogen-bond acceptors (Lipinski definition) is 2. The SMILES string of the molecule is O=C(O)c1cc(S)c(F)c(Cl)c1. The van der Waals surface area contributed by atoms with Crippen LogP contribution in [0.15, 0.2) is 17.0 Å². The summed E-state index contributed by atoms with van der Waals surface area (Å²) in [7, 11) is 0. The summed E-state index contributed by atoms with van der Waals surface area (Å²) in [5.41, 5.74) is -0.0774. The van der Waals surface area contributed by atoms with Gasteiger partial charge in [-0.15, -0.1) is 12.6 Å². The number of carbonyl (C=O) groups is 1. The van der Waals surface area contributed by atoms with E-state index < -0.39 is 11.8 Å². The summed E-state index contributed by atoms with van der Waals surface area (Å²) in [6, 6.07) is 2.14. The summed E-state index contributed by atoms with van der Waals surface area (Å²) in [6.07, 6.45) is 0. The number of hydrogen-bond donors (Lipinski definition) is 2. The zero-order valence-electron chi connectivity index (χ0n) is 5.71. The number of aromatic carboxylic acids is 1. The van der Waals surface area contributed by atoms with Crippen molar-refractivity contribution in [3.8, 4) is 0 Å². The van der Waals surface area contributed by atoms with E-state index in [1.807, 2.05) is 0 Å². The molecule has 0 saturated carbocycles. The average molecular weight is 207 g/mol. The van der Waals surface area contributed by atoms with E-state index in [9.17, 15) is 9.18 Å². The van der Waals surface area contributed by atoms with Crippen molar-refractivity contribution in [2.24, 2.45) is 0 Å². The maximum atomic E-state index is 12.8. The smallest absolute Gasteiger partial charge is 0.335 e. The van der Waals surface area contributed by atoms with Crippen LogP contribution in [-0.4, -0.2) is 11.1 Å². The molecule has 0 spiro atoms. The lowest BCUT2D eigenvalue weighted by molar-refractivity contribution is 0.0696. The summed E-state index contributed by atoms with van der Waals surface area (Å²) in [6.45, 7) is 0. The van der Waals surface area contributed by atoms with Crippen molar-refractivity contribution >= 4 is 30.2 Å². The van der Waals surface area contributed by atoms with Gasteiger partial charge in [-0.1, -0.05) is 11.6 Å². The second-order valence-electron chi connectivity index (χ2n) is 2.10. The van der Waals surface area contributed by atoms with Gasteiger partial charge in [0.2, 0.25) is 0 Å². The molecule has 0 aliphatic rings. The van der Waals surface area contributed by atoms with Crippen LogP contribution in [0.5, 0.6) is 0 Å². The molecular weight excluding hydrogens is 203 g/mol. The number of halogens is 2. The van der Waals surface area contributed by atoms with Gasteiger partial charge < -0.3 is 5.11 Å². The zero-order valence-corrected chi connectivity index (χ0v) is 7.36. The van der Waals surface area contributed by atoms with Gasteiger partial charge in [-0.3, -0.25) is 0 Å². The maximum absolute atomic E-state index is 12.8. The Hall–Kier alpha value is -0.740. The molecule has 0 radical (unpaired) electrons. The van der Waals surface area contributed by atoms with Gasteiger partial charge in [0.25, 0.3) is 0 Å². The predicted molar refractivity (Wildman–Crippen MR) is 45.6 cm³/mol. The molecule has 0 saturated heterocycles. The molecule has 12 heavy (non-hydrogen) atoms. The first-order valence-corrected chi connectivity index (χ1v) is 3.76. The molecule has 1 aromatic carbocycles. The molecule has 1 rings (SSSR count). The molecule has 5 heteroatoms. The van der Waals surface area contributed by atoms with Gasteiger partial charge in [0, 0.05) is 4.90 Å². The first kappa shape index (κ1) is 9.35. The fourth-order valence-electron chi connectivity index (χ4n) is 0.698. The highest BCUT2D eigenvalue weighted by atomic mass is 35.5. The molecule has 0 aromatic heterocycles. The Bertz CT molecular complexity index is 317. The predicted octanol–water partition coefficient (Wildman–Crippen LogP) is 2.47. The standard InChI is InChI=1S/C7H4ClFO2S/c8-4-1-3(7(10)11)2-5(12)6(4)9/h1-2,12H,(H,10,11). The van der Waals surface area contributed by atoms with Crippen LogP contribution in [0, 0.1) is 5.82 Å². The first-order chi connectivity index (χ1) is 5.52. The highest BCUT2D eigenvalue weighted by Gasteiger charge is 2.10. The fraction of sp³-hybridized carbons (Fsp3) is 0. The largest absolute Gasteiger partial charge is 0.478 e.